The first-order valence-electron chi connectivity index (χ1n) is 10.5. The lowest BCUT2D eigenvalue weighted by molar-refractivity contribution is -0.120. The fraction of sp³-hybridized carbons (Fsp3) is 0.115. The molecule has 0 bridgehead atoms. The fourth-order valence-corrected chi connectivity index (χ4v) is 4.14. The quantitative estimate of drug-likeness (QED) is 0.430. The van der Waals surface area contributed by atoms with Crippen LogP contribution in [0.15, 0.2) is 71.4 Å². The Morgan fingerprint density at radius 1 is 0.853 bits per heavy atom. The summed E-state index contributed by atoms with van der Waals surface area (Å²) in [6.45, 7) is 5.74. The minimum absolute atomic E-state index is 0.0680. The summed E-state index contributed by atoms with van der Waals surface area (Å²) in [6, 6.07) is 17.2. The van der Waals surface area contributed by atoms with E-state index >= 15 is 0 Å². The van der Waals surface area contributed by atoms with Gasteiger partial charge in [0.05, 0.1) is 5.69 Å². The fourth-order valence-electron chi connectivity index (χ4n) is 3.74. The molecule has 1 aliphatic heterocycles. The van der Waals surface area contributed by atoms with Crippen molar-refractivity contribution in [3.05, 3.63) is 98.7 Å². The molecule has 0 aliphatic carbocycles. The number of hydrogen-bond acceptors (Lipinski definition) is 4. The summed E-state index contributed by atoms with van der Waals surface area (Å²) in [7, 11) is 0. The van der Waals surface area contributed by atoms with Crippen LogP contribution in [0, 0.1) is 20.8 Å². The first kappa shape index (κ1) is 23.5. The molecule has 0 aromatic heterocycles. The van der Waals surface area contributed by atoms with Gasteiger partial charge in [0.1, 0.15) is 10.7 Å². The van der Waals surface area contributed by atoms with E-state index in [0.29, 0.717) is 27.6 Å². The van der Waals surface area contributed by atoms with Crippen LogP contribution in [0.1, 0.15) is 27.0 Å². The molecular weight excluding hydrogens is 473 g/mol. The van der Waals surface area contributed by atoms with Gasteiger partial charge >= 0.3 is 0 Å². The molecule has 0 radical (unpaired) electrons. The topological polar surface area (TPSA) is 78.5 Å². The van der Waals surface area contributed by atoms with Crippen molar-refractivity contribution >= 4 is 58.0 Å². The largest absolute Gasteiger partial charge is 0.349 e. The van der Waals surface area contributed by atoms with E-state index in [0.717, 1.165) is 21.6 Å². The summed E-state index contributed by atoms with van der Waals surface area (Å²) >= 11 is 12.3. The summed E-state index contributed by atoms with van der Waals surface area (Å²) in [5.41, 5.74) is 4.65. The summed E-state index contributed by atoms with van der Waals surface area (Å²) in [5.74, 6) is -1.57. The molecule has 0 spiro atoms. The van der Waals surface area contributed by atoms with Gasteiger partial charge in [0.2, 0.25) is 0 Å². The third-order valence-corrected chi connectivity index (χ3v) is 5.92. The molecule has 8 heteroatoms. The lowest BCUT2D eigenvalue weighted by Crippen LogP contribution is -2.32. The third-order valence-electron chi connectivity index (χ3n) is 5.33. The van der Waals surface area contributed by atoms with Gasteiger partial charge in [0.15, 0.2) is 0 Å². The molecule has 34 heavy (non-hydrogen) atoms. The molecule has 0 saturated heterocycles. The van der Waals surface area contributed by atoms with Gasteiger partial charge in [0.25, 0.3) is 17.7 Å². The molecule has 0 unspecified atom stereocenters. The lowest BCUT2D eigenvalue weighted by Gasteiger charge is -2.16. The normalized spacial score (nSPS) is 13.5. The van der Waals surface area contributed by atoms with Crippen molar-refractivity contribution in [3.8, 4) is 0 Å². The van der Waals surface area contributed by atoms with Gasteiger partial charge < -0.3 is 10.6 Å². The minimum Gasteiger partial charge on any atom is -0.349 e. The van der Waals surface area contributed by atoms with Gasteiger partial charge in [-0.25, -0.2) is 4.90 Å². The number of rotatable bonds is 5. The zero-order chi connectivity index (χ0) is 24.6. The maximum atomic E-state index is 13.1. The van der Waals surface area contributed by atoms with Gasteiger partial charge in [-0.3, -0.25) is 14.4 Å². The van der Waals surface area contributed by atoms with E-state index in [1.165, 1.54) is 6.07 Å². The van der Waals surface area contributed by atoms with E-state index in [4.69, 9.17) is 23.2 Å². The number of carbonyl (C=O) groups excluding carboxylic acids is 3. The van der Waals surface area contributed by atoms with Crippen molar-refractivity contribution in [1.82, 2.24) is 0 Å². The molecule has 0 fully saturated rings. The van der Waals surface area contributed by atoms with E-state index in [1.807, 2.05) is 39.0 Å². The van der Waals surface area contributed by atoms with Gasteiger partial charge in [-0.2, -0.15) is 0 Å². The second kappa shape index (κ2) is 9.33. The van der Waals surface area contributed by atoms with Crippen LogP contribution in [-0.4, -0.2) is 17.7 Å². The number of nitrogens with one attached hydrogen (secondary N) is 2. The maximum absolute atomic E-state index is 13.1. The van der Waals surface area contributed by atoms with Crippen LogP contribution < -0.4 is 15.5 Å². The Bertz CT molecular complexity index is 1360. The van der Waals surface area contributed by atoms with Crippen molar-refractivity contribution in [2.24, 2.45) is 0 Å². The second-order valence-corrected chi connectivity index (χ2v) is 8.91. The Labute approximate surface area is 207 Å². The highest BCUT2D eigenvalue weighted by Crippen LogP contribution is 2.32. The number of hydrogen-bond donors (Lipinski definition) is 2. The molecule has 4 rings (SSSR count). The molecular formula is C26H21Cl2N3O3. The zero-order valence-corrected chi connectivity index (χ0v) is 20.2. The van der Waals surface area contributed by atoms with Gasteiger partial charge in [0, 0.05) is 22.0 Å². The van der Waals surface area contributed by atoms with Gasteiger partial charge in [-0.1, -0.05) is 41.4 Å². The molecule has 6 nitrogen and oxygen atoms in total. The monoisotopic (exact) mass is 493 g/mol. The number of imide groups is 1. The molecule has 2 N–H and O–H groups in total. The van der Waals surface area contributed by atoms with Crippen molar-refractivity contribution in [1.29, 1.82) is 0 Å². The first-order chi connectivity index (χ1) is 16.1. The van der Waals surface area contributed by atoms with E-state index in [2.05, 4.69) is 10.6 Å². The van der Waals surface area contributed by atoms with E-state index < -0.39 is 11.8 Å². The summed E-state index contributed by atoms with van der Waals surface area (Å²) in [6.07, 6.45) is 0. The van der Waals surface area contributed by atoms with E-state index in [1.54, 1.807) is 36.4 Å². The number of anilines is 3. The standard InChI is InChI=1S/C26H21Cl2N3O3/c1-14-9-15(2)11-19(10-14)29-24(32)17-8-7-16(3)21(12-17)30-23-22(28)25(33)31(26(23)34)20-6-4-5-18(27)13-20/h4-13,30H,1-3H3,(H,29,32). The highest BCUT2D eigenvalue weighted by atomic mass is 35.5. The lowest BCUT2D eigenvalue weighted by atomic mass is 10.1. The predicted octanol–water partition coefficient (Wildman–Crippen LogP) is 5.95. The maximum Gasteiger partial charge on any atom is 0.283 e. The Morgan fingerprint density at radius 3 is 2.24 bits per heavy atom. The SMILES string of the molecule is Cc1cc(C)cc(NC(=O)c2ccc(C)c(NC3=C(Cl)C(=O)N(c4cccc(Cl)c4)C3=O)c2)c1. The number of benzene rings is 3. The Hall–Kier alpha value is -3.61. The third kappa shape index (κ3) is 4.69. The van der Waals surface area contributed by atoms with E-state index in [-0.39, 0.29) is 16.6 Å². The first-order valence-corrected chi connectivity index (χ1v) is 11.2. The molecule has 0 atom stereocenters. The summed E-state index contributed by atoms with van der Waals surface area (Å²) in [5, 5.41) is 5.99. The molecule has 0 saturated carbocycles. The Balaban J connectivity index is 1.59. The number of nitrogens with zero attached hydrogens (tertiary/aromatic N) is 1. The van der Waals surface area contributed by atoms with E-state index in [9.17, 15) is 14.4 Å². The van der Waals surface area contributed by atoms with Crippen LogP contribution in [0.4, 0.5) is 17.1 Å². The average Bonchev–Trinajstić information content (AvgIpc) is 2.97. The Morgan fingerprint density at radius 2 is 1.56 bits per heavy atom. The summed E-state index contributed by atoms with van der Waals surface area (Å²) < 4.78 is 0. The highest BCUT2D eigenvalue weighted by molar-refractivity contribution is 6.53. The predicted molar refractivity (Wildman–Crippen MR) is 135 cm³/mol. The van der Waals surface area contributed by atoms with Gasteiger partial charge in [-0.05, 0) is 79.9 Å². The number of amides is 3. The zero-order valence-electron chi connectivity index (χ0n) is 18.7. The van der Waals surface area contributed by atoms with Crippen LogP contribution in [0.5, 0.6) is 0 Å². The summed E-state index contributed by atoms with van der Waals surface area (Å²) in [4.78, 5) is 39.6. The molecule has 3 aromatic rings. The van der Waals surface area contributed by atoms with Crippen LogP contribution in [0.3, 0.4) is 0 Å². The number of carbonyl (C=O) groups is 3. The van der Waals surface area contributed by atoms with Crippen molar-refractivity contribution < 1.29 is 14.4 Å². The number of aryl methyl sites for hydroxylation is 3. The highest BCUT2D eigenvalue weighted by Gasteiger charge is 2.39. The second-order valence-electron chi connectivity index (χ2n) is 8.10. The van der Waals surface area contributed by atoms with Crippen LogP contribution in [-0.2, 0) is 9.59 Å². The van der Waals surface area contributed by atoms with Gasteiger partial charge in [-0.15, -0.1) is 0 Å². The molecule has 172 valence electrons. The molecule has 1 heterocycles. The van der Waals surface area contributed by atoms with Crippen molar-refractivity contribution in [2.45, 2.75) is 20.8 Å². The smallest absolute Gasteiger partial charge is 0.283 e. The Kier molecular flexibility index (Phi) is 6.46. The molecule has 1 aliphatic rings. The van der Waals surface area contributed by atoms with Crippen LogP contribution >= 0.6 is 23.2 Å². The van der Waals surface area contributed by atoms with Crippen molar-refractivity contribution in [2.75, 3.05) is 15.5 Å². The van der Waals surface area contributed by atoms with Crippen LogP contribution in [0.2, 0.25) is 5.02 Å². The average molecular weight is 494 g/mol. The van der Waals surface area contributed by atoms with Crippen LogP contribution in [0.25, 0.3) is 0 Å². The number of halogens is 2. The molecule has 3 aromatic carbocycles. The molecule has 3 amide bonds. The van der Waals surface area contributed by atoms with Crippen molar-refractivity contribution in [3.63, 3.8) is 0 Å². The minimum atomic E-state index is -0.655.